The molecule has 2 saturated carbocycles. The fourth-order valence-corrected chi connectivity index (χ4v) is 2.81. The fraction of sp³-hybridized carbons (Fsp3) is 0.786. The minimum absolute atomic E-state index is 0.115. The molecule has 0 aromatic carbocycles. The van der Waals surface area contributed by atoms with E-state index in [-0.39, 0.29) is 12.5 Å². The molecule has 2 aliphatic rings. The smallest absolute Gasteiger partial charge is 0.241 e. The van der Waals surface area contributed by atoms with Gasteiger partial charge in [-0.1, -0.05) is 24.5 Å². The van der Waals surface area contributed by atoms with Crippen LogP contribution < -0.4 is 5.32 Å². The number of rotatable bonds is 5. The Balaban J connectivity index is 1.46. The Labute approximate surface area is 118 Å². The van der Waals surface area contributed by atoms with Gasteiger partial charge in [-0.2, -0.15) is 0 Å². The van der Waals surface area contributed by atoms with Crippen molar-refractivity contribution in [1.29, 1.82) is 0 Å². The van der Waals surface area contributed by atoms with Gasteiger partial charge in [0.2, 0.25) is 5.91 Å². The van der Waals surface area contributed by atoms with Crippen molar-refractivity contribution in [1.82, 2.24) is 20.3 Å². The zero-order chi connectivity index (χ0) is 14.0. The molecule has 0 unspecified atom stereocenters. The van der Waals surface area contributed by atoms with E-state index in [9.17, 15) is 9.90 Å². The van der Waals surface area contributed by atoms with Crippen LogP contribution in [0.3, 0.4) is 0 Å². The summed E-state index contributed by atoms with van der Waals surface area (Å²) in [6, 6.07) is 0. The van der Waals surface area contributed by atoms with Gasteiger partial charge in [0.1, 0.15) is 6.54 Å². The summed E-state index contributed by atoms with van der Waals surface area (Å²) in [5, 5.41) is 21.2. The van der Waals surface area contributed by atoms with Crippen LogP contribution >= 0.6 is 0 Å². The lowest BCUT2D eigenvalue weighted by atomic mass is 9.85. The van der Waals surface area contributed by atoms with Crippen molar-refractivity contribution >= 4 is 5.91 Å². The van der Waals surface area contributed by atoms with E-state index in [1.807, 2.05) is 6.20 Å². The second-order valence-electron chi connectivity index (χ2n) is 6.18. The van der Waals surface area contributed by atoms with Crippen LogP contribution in [0.1, 0.15) is 56.6 Å². The largest absolute Gasteiger partial charge is 0.388 e. The molecule has 2 aliphatic carbocycles. The Morgan fingerprint density at radius 3 is 2.85 bits per heavy atom. The maximum absolute atomic E-state index is 11.9. The average Bonchev–Trinajstić information content (AvgIpc) is 3.19. The number of carbonyl (C=O) groups excluding carboxylic acids is 1. The number of aliphatic hydroxyl groups is 1. The van der Waals surface area contributed by atoms with Crippen molar-refractivity contribution in [3.05, 3.63) is 11.9 Å². The molecule has 3 rings (SSSR count). The van der Waals surface area contributed by atoms with Crippen LogP contribution in [-0.4, -0.2) is 38.2 Å². The summed E-state index contributed by atoms with van der Waals surface area (Å²) < 4.78 is 1.58. The highest BCUT2D eigenvalue weighted by molar-refractivity contribution is 5.75. The molecule has 0 atom stereocenters. The van der Waals surface area contributed by atoms with Gasteiger partial charge < -0.3 is 10.4 Å². The molecule has 0 radical (unpaired) electrons. The Morgan fingerprint density at radius 1 is 1.40 bits per heavy atom. The first-order valence-electron chi connectivity index (χ1n) is 7.54. The van der Waals surface area contributed by atoms with E-state index in [2.05, 4.69) is 15.6 Å². The van der Waals surface area contributed by atoms with Crippen LogP contribution in [0.15, 0.2) is 6.20 Å². The Bertz CT molecular complexity index is 475. The molecule has 20 heavy (non-hydrogen) atoms. The average molecular weight is 278 g/mol. The van der Waals surface area contributed by atoms with Gasteiger partial charge >= 0.3 is 0 Å². The Hall–Kier alpha value is -1.43. The zero-order valence-electron chi connectivity index (χ0n) is 11.7. The molecule has 0 aliphatic heterocycles. The summed E-state index contributed by atoms with van der Waals surface area (Å²) in [4.78, 5) is 11.9. The molecule has 0 spiro atoms. The van der Waals surface area contributed by atoms with Crippen molar-refractivity contribution in [2.75, 3.05) is 6.54 Å². The van der Waals surface area contributed by atoms with Crippen molar-refractivity contribution < 1.29 is 9.90 Å². The lowest BCUT2D eigenvalue weighted by Crippen LogP contribution is -2.45. The van der Waals surface area contributed by atoms with Crippen molar-refractivity contribution in [3.8, 4) is 0 Å². The number of carbonyl (C=O) groups is 1. The molecule has 0 saturated heterocycles. The van der Waals surface area contributed by atoms with E-state index in [0.29, 0.717) is 12.5 Å². The summed E-state index contributed by atoms with van der Waals surface area (Å²) in [5.41, 5.74) is 0.277. The predicted molar refractivity (Wildman–Crippen MR) is 73.0 cm³/mol. The van der Waals surface area contributed by atoms with Gasteiger partial charge in [-0.05, 0) is 25.7 Å². The molecule has 6 heteroatoms. The van der Waals surface area contributed by atoms with Crippen LogP contribution in [0.25, 0.3) is 0 Å². The second kappa shape index (κ2) is 5.52. The minimum Gasteiger partial charge on any atom is -0.388 e. The normalized spacial score (nSPS) is 21.6. The zero-order valence-corrected chi connectivity index (χ0v) is 11.7. The highest BCUT2D eigenvalue weighted by Crippen LogP contribution is 2.38. The molecule has 1 aromatic heterocycles. The molecule has 2 fully saturated rings. The maximum Gasteiger partial charge on any atom is 0.241 e. The third-order valence-corrected chi connectivity index (χ3v) is 4.26. The summed E-state index contributed by atoms with van der Waals surface area (Å²) in [7, 11) is 0. The van der Waals surface area contributed by atoms with E-state index in [1.165, 1.54) is 19.3 Å². The molecule has 2 N–H and O–H groups in total. The Kier molecular flexibility index (Phi) is 3.74. The van der Waals surface area contributed by atoms with Gasteiger partial charge in [0.15, 0.2) is 0 Å². The number of hydrogen-bond donors (Lipinski definition) is 2. The second-order valence-corrected chi connectivity index (χ2v) is 6.18. The lowest BCUT2D eigenvalue weighted by Gasteiger charge is -2.32. The van der Waals surface area contributed by atoms with E-state index < -0.39 is 5.60 Å². The summed E-state index contributed by atoms with van der Waals surface area (Å²) in [6.45, 7) is 0.520. The van der Waals surface area contributed by atoms with Crippen LogP contribution in [0.4, 0.5) is 0 Å². The topological polar surface area (TPSA) is 80.0 Å². The predicted octanol–water partition coefficient (Wildman–Crippen LogP) is 0.967. The fourth-order valence-electron chi connectivity index (χ4n) is 2.81. The maximum atomic E-state index is 11.9. The highest BCUT2D eigenvalue weighted by Gasteiger charge is 2.29. The SMILES string of the molecule is O=C(Cn1cc(C2CC2)nn1)NCC1(O)CCCCC1. The number of nitrogens with zero attached hydrogens (tertiary/aromatic N) is 3. The molecule has 110 valence electrons. The van der Waals surface area contributed by atoms with E-state index in [4.69, 9.17) is 0 Å². The lowest BCUT2D eigenvalue weighted by molar-refractivity contribution is -0.123. The van der Waals surface area contributed by atoms with Gasteiger partial charge in [0.25, 0.3) is 0 Å². The first-order chi connectivity index (χ1) is 9.65. The van der Waals surface area contributed by atoms with E-state index in [1.54, 1.807) is 4.68 Å². The van der Waals surface area contributed by atoms with Crippen molar-refractivity contribution in [3.63, 3.8) is 0 Å². The quantitative estimate of drug-likeness (QED) is 0.841. The third-order valence-electron chi connectivity index (χ3n) is 4.26. The molecular formula is C14H22N4O2. The molecular weight excluding hydrogens is 256 g/mol. The van der Waals surface area contributed by atoms with Gasteiger partial charge in [-0.15, -0.1) is 5.10 Å². The summed E-state index contributed by atoms with van der Waals surface area (Å²) >= 11 is 0. The monoisotopic (exact) mass is 278 g/mol. The standard InChI is InChI=1S/C14H22N4O2/c19-13(15-10-14(20)6-2-1-3-7-14)9-18-8-12(16-17-18)11-4-5-11/h8,11,20H,1-7,9-10H2,(H,15,19). The van der Waals surface area contributed by atoms with Crippen molar-refractivity contribution in [2.45, 2.75) is 63.0 Å². The van der Waals surface area contributed by atoms with Crippen LogP contribution in [0.5, 0.6) is 0 Å². The van der Waals surface area contributed by atoms with E-state index in [0.717, 1.165) is 31.4 Å². The van der Waals surface area contributed by atoms with Crippen LogP contribution in [-0.2, 0) is 11.3 Å². The summed E-state index contributed by atoms with van der Waals surface area (Å²) in [5.74, 6) is 0.436. The molecule has 6 nitrogen and oxygen atoms in total. The highest BCUT2D eigenvalue weighted by atomic mass is 16.3. The van der Waals surface area contributed by atoms with Gasteiger partial charge in [-0.25, -0.2) is 4.68 Å². The first-order valence-corrected chi connectivity index (χ1v) is 7.54. The number of hydrogen-bond acceptors (Lipinski definition) is 4. The molecule has 1 amide bonds. The van der Waals surface area contributed by atoms with Gasteiger partial charge in [0, 0.05) is 18.7 Å². The van der Waals surface area contributed by atoms with Crippen LogP contribution in [0, 0.1) is 0 Å². The van der Waals surface area contributed by atoms with Crippen LogP contribution in [0.2, 0.25) is 0 Å². The summed E-state index contributed by atoms with van der Waals surface area (Å²) in [6.07, 6.45) is 9.03. The Morgan fingerprint density at radius 2 is 2.15 bits per heavy atom. The molecule has 1 heterocycles. The molecule has 0 bridgehead atoms. The number of amides is 1. The first kappa shape index (κ1) is 13.5. The third kappa shape index (κ3) is 3.36. The van der Waals surface area contributed by atoms with Gasteiger partial charge in [0.05, 0.1) is 11.3 Å². The van der Waals surface area contributed by atoms with Crippen molar-refractivity contribution in [2.24, 2.45) is 0 Å². The van der Waals surface area contributed by atoms with E-state index >= 15 is 0 Å². The number of aromatic nitrogens is 3. The van der Waals surface area contributed by atoms with Gasteiger partial charge in [-0.3, -0.25) is 4.79 Å². The molecule has 1 aromatic rings. The number of nitrogens with one attached hydrogen (secondary N) is 1. The minimum atomic E-state index is -0.713.